The van der Waals surface area contributed by atoms with Gasteiger partial charge in [-0.3, -0.25) is 14.6 Å². The van der Waals surface area contributed by atoms with E-state index in [9.17, 15) is 9.59 Å². The molecule has 0 spiro atoms. The summed E-state index contributed by atoms with van der Waals surface area (Å²) >= 11 is 1.34. The van der Waals surface area contributed by atoms with Gasteiger partial charge in [0.15, 0.2) is 5.17 Å². The van der Waals surface area contributed by atoms with Crippen molar-refractivity contribution in [2.24, 2.45) is 4.99 Å². The van der Waals surface area contributed by atoms with Crippen molar-refractivity contribution in [2.75, 3.05) is 19.4 Å². The average Bonchev–Trinajstić information content (AvgIpc) is 2.46. The fourth-order valence-corrected chi connectivity index (χ4v) is 2.58. The molecule has 2 N–H and O–H groups in total. The number of amides is 1. The van der Waals surface area contributed by atoms with E-state index in [1.54, 1.807) is 21.0 Å². The zero-order valence-electron chi connectivity index (χ0n) is 12.8. The molecule has 114 valence electrons. The number of hydrogen-bond donors (Lipinski definition) is 2. The van der Waals surface area contributed by atoms with Crippen LogP contribution in [0.3, 0.4) is 0 Å². The lowest BCUT2D eigenvalue weighted by molar-refractivity contribution is -0.119. The molecular weight excluding hydrogens is 286 g/mol. The van der Waals surface area contributed by atoms with Crippen LogP contribution in [0, 0.1) is 0 Å². The normalized spacial score (nSPS) is 12.7. The number of ketones is 1. The molecule has 1 aromatic rings. The van der Waals surface area contributed by atoms with Gasteiger partial charge in [0.2, 0.25) is 5.91 Å². The molecule has 21 heavy (non-hydrogen) atoms. The maximum Gasteiger partial charge on any atom is 0.233 e. The number of nitrogens with one attached hydrogen (secondary N) is 2. The zero-order chi connectivity index (χ0) is 15.8. The van der Waals surface area contributed by atoms with E-state index >= 15 is 0 Å². The fourth-order valence-electron chi connectivity index (χ4n) is 1.74. The number of aliphatic imine (C=N–C) groups is 1. The summed E-state index contributed by atoms with van der Waals surface area (Å²) in [7, 11) is 3.28. The Hall–Kier alpha value is -1.82. The molecule has 5 nitrogen and oxygen atoms in total. The van der Waals surface area contributed by atoms with Gasteiger partial charge < -0.3 is 10.6 Å². The highest BCUT2D eigenvalue weighted by Crippen LogP contribution is 2.20. The molecule has 0 heterocycles. The van der Waals surface area contributed by atoms with E-state index in [1.165, 1.54) is 11.8 Å². The second kappa shape index (κ2) is 8.46. The van der Waals surface area contributed by atoms with Crippen molar-refractivity contribution in [3.05, 3.63) is 29.8 Å². The number of thioether (sulfide) groups is 1. The number of carbonyl (C=O) groups is 2. The summed E-state index contributed by atoms with van der Waals surface area (Å²) in [6.45, 7) is 3.38. The standard InChI is InChI=1S/C15H21N3O2S/c1-10(19)9-12-7-5-6-8-13(12)18-15(17-4)21-11(2)14(20)16-3/h5-8,11H,9H2,1-4H3,(H,16,20)(H,17,18). The van der Waals surface area contributed by atoms with Crippen LogP contribution in [0.2, 0.25) is 0 Å². The predicted octanol–water partition coefficient (Wildman–Crippen LogP) is 2.08. The minimum absolute atomic E-state index is 0.0556. The van der Waals surface area contributed by atoms with Crippen molar-refractivity contribution >= 4 is 34.3 Å². The lowest BCUT2D eigenvalue weighted by Crippen LogP contribution is -2.29. The topological polar surface area (TPSA) is 70.6 Å². The second-order valence-corrected chi connectivity index (χ2v) is 5.89. The quantitative estimate of drug-likeness (QED) is 0.645. The minimum atomic E-state index is -0.249. The molecule has 1 atom stereocenters. The highest BCUT2D eigenvalue weighted by molar-refractivity contribution is 8.15. The van der Waals surface area contributed by atoms with Crippen LogP contribution in [0.25, 0.3) is 0 Å². The number of benzene rings is 1. The Morgan fingerprint density at radius 1 is 1.33 bits per heavy atom. The molecule has 0 aliphatic rings. The summed E-state index contributed by atoms with van der Waals surface area (Å²) in [6, 6.07) is 7.59. The number of amidine groups is 1. The minimum Gasteiger partial charge on any atom is -0.358 e. The van der Waals surface area contributed by atoms with Gasteiger partial charge in [-0.15, -0.1) is 0 Å². The summed E-state index contributed by atoms with van der Waals surface area (Å²) in [4.78, 5) is 27.0. The lowest BCUT2D eigenvalue weighted by atomic mass is 10.1. The molecule has 0 saturated carbocycles. The van der Waals surface area contributed by atoms with Crippen LogP contribution in [0.1, 0.15) is 19.4 Å². The number of hydrogen-bond acceptors (Lipinski definition) is 4. The summed E-state index contributed by atoms with van der Waals surface area (Å²) in [6.07, 6.45) is 0.371. The van der Waals surface area contributed by atoms with E-state index < -0.39 is 0 Å². The van der Waals surface area contributed by atoms with Gasteiger partial charge in [-0.05, 0) is 25.5 Å². The molecule has 1 unspecified atom stereocenters. The maximum atomic E-state index is 11.6. The van der Waals surface area contributed by atoms with Gasteiger partial charge in [0.05, 0.1) is 5.25 Å². The molecule has 0 fully saturated rings. The summed E-state index contributed by atoms with van der Waals surface area (Å²) in [5, 5.41) is 6.19. The Labute approximate surface area is 129 Å². The third kappa shape index (κ3) is 5.59. The number of rotatable bonds is 5. The van der Waals surface area contributed by atoms with Crippen molar-refractivity contribution in [3.63, 3.8) is 0 Å². The second-order valence-electron chi connectivity index (χ2n) is 4.56. The average molecular weight is 307 g/mol. The van der Waals surface area contributed by atoms with Crippen molar-refractivity contribution in [1.29, 1.82) is 0 Å². The van der Waals surface area contributed by atoms with E-state index in [4.69, 9.17) is 0 Å². The molecule has 1 amide bonds. The Morgan fingerprint density at radius 2 is 2.00 bits per heavy atom. The van der Waals surface area contributed by atoms with Gasteiger partial charge in [0, 0.05) is 26.2 Å². The van der Waals surface area contributed by atoms with Gasteiger partial charge in [0.25, 0.3) is 0 Å². The smallest absolute Gasteiger partial charge is 0.233 e. The lowest BCUT2D eigenvalue weighted by Gasteiger charge is -2.15. The van der Waals surface area contributed by atoms with Crippen LogP contribution in [0.4, 0.5) is 5.69 Å². The molecule has 1 aromatic carbocycles. The number of Topliss-reactive ketones (excluding diaryl/α,β-unsaturated/α-hetero) is 1. The highest BCUT2D eigenvalue weighted by atomic mass is 32.2. The van der Waals surface area contributed by atoms with Crippen LogP contribution in [0.15, 0.2) is 29.3 Å². The number of para-hydroxylation sites is 1. The zero-order valence-corrected chi connectivity index (χ0v) is 13.6. The van der Waals surface area contributed by atoms with Gasteiger partial charge in [-0.25, -0.2) is 0 Å². The molecule has 0 aliphatic heterocycles. The molecule has 0 aliphatic carbocycles. The van der Waals surface area contributed by atoms with Crippen molar-refractivity contribution in [1.82, 2.24) is 5.32 Å². The van der Waals surface area contributed by atoms with Crippen LogP contribution in [-0.4, -0.2) is 36.2 Å². The molecule has 6 heteroatoms. The Balaban J connectivity index is 2.83. The summed E-state index contributed by atoms with van der Waals surface area (Å²) < 4.78 is 0. The Bertz CT molecular complexity index is 543. The third-order valence-corrected chi connectivity index (χ3v) is 3.88. The van der Waals surface area contributed by atoms with Crippen molar-refractivity contribution < 1.29 is 9.59 Å². The number of nitrogens with zero attached hydrogens (tertiary/aromatic N) is 1. The fraction of sp³-hybridized carbons (Fsp3) is 0.400. The molecule has 0 bridgehead atoms. The van der Waals surface area contributed by atoms with Gasteiger partial charge in [-0.2, -0.15) is 0 Å². The summed E-state index contributed by atoms with van der Waals surface area (Å²) in [5.74, 6) is 0.0468. The number of anilines is 1. The van der Waals surface area contributed by atoms with Gasteiger partial charge in [-0.1, -0.05) is 30.0 Å². The van der Waals surface area contributed by atoms with Crippen LogP contribution < -0.4 is 10.6 Å². The Morgan fingerprint density at radius 3 is 2.57 bits per heavy atom. The van der Waals surface area contributed by atoms with Crippen LogP contribution in [0.5, 0.6) is 0 Å². The largest absolute Gasteiger partial charge is 0.358 e. The maximum absolute atomic E-state index is 11.6. The molecule has 0 radical (unpaired) electrons. The third-order valence-electron chi connectivity index (χ3n) is 2.81. The van der Waals surface area contributed by atoms with Gasteiger partial charge >= 0.3 is 0 Å². The molecule has 0 aromatic heterocycles. The monoisotopic (exact) mass is 307 g/mol. The Kier molecular flexibility index (Phi) is 6.94. The SMILES string of the molecule is CN=C(Nc1ccccc1CC(C)=O)SC(C)C(=O)NC. The van der Waals surface area contributed by atoms with Crippen molar-refractivity contribution in [3.8, 4) is 0 Å². The van der Waals surface area contributed by atoms with E-state index in [0.717, 1.165) is 11.3 Å². The van der Waals surface area contributed by atoms with E-state index in [2.05, 4.69) is 15.6 Å². The van der Waals surface area contributed by atoms with Crippen molar-refractivity contribution in [2.45, 2.75) is 25.5 Å². The first-order valence-electron chi connectivity index (χ1n) is 6.67. The molecule has 1 rings (SSSR count). The van der Waals surface area contributed by atoms with Crippen LogP contribution >= 0.6 is 11.8 Å². The first-order valence-corrected chi connectivity index (χ1v) is 7.55. The van der Waals surface area contributed by atoms with Gasteiger partial charge in [0.1, 0.15) is 5.78 Å². The first kappa shape index (κ1) is 17.2. The summed E-state index contributed by atoms with van der Waals surface area (Å²) in [5.41, 5.74) is 1.75. The first-order chi connectivity index (χ1) is 9.97. The predicted molar refractivity (Wildman–Crippen MR) is 88.9 cm³/mol. The van der Waals surface area contributed by atoms with E-state index in [0.29, 0.717) is 11.6 Å². The van der Waals surface area contributed by atoms with E-state index in [-0.39, 0.29) is 16.9 Å². The van der Waals surface area contributed by atoms with E-state index in [1.807, 2.05) is 31.2 Å². The molecule has 0 saturated heterocycles. The van der Waals surface area contributed by atoms with Crippen LogP contribution in [-0.2, 0) is 16.0 Å². The number of carbonyl (C=O) groups excluding carboxylic acids is 2. The molecular formula is C15H21N3O2S. The highest BCUT2D eigenvalue weighted by Gasteiger charge is 2.15.